The Labute approximate surface area is 124 Å². The third-order valence-electron chi connectivity index (χ3n) is 3.17. The molecule has 4 nitrogen and oxygen atoms in total. The van der Waals surface area contributed by atoms with Gasteiger partial charge in [-0.05, 0) is 36.8 Å². The zero-order valence-electron chi connectivity index (χ0n) is 12.4. The molecule has 0 saturated carbocycles. The zero-order valence-corrected chi connectivity index (χ0v) is 12.4. The van der Waals surface area contributed by atoms with Crippen molar-refractivity contribution in [3.63, 3.8) is 0 Å². The molecule has 2 aromatic rings. The Balaban J connectivity index is 2.26. The van der Waals surface area contributed by atoms with Gasteiger partial charge >= 0.3 is 0 Å². The highest BCUT2D eigenvalue weighted by molar-refractivity contribution is 6.05. The Morgan fingerprint density at radius 2 is 1.62 bits per heavy atom. The van der Waals surface area contributed by atoms with Crippen molar-refractivity contribution in [2.75, 3.05) is 19.4 Å². The summed E-state index contributed by atoms with van der Waals surface area (Å²) in [5, 5.41) is 2.85. The van der Waals surface area contributed by atoms with Crippen LogP contribution in [-0.4, -0.2) is 30.8 Å². The molecule has 4 heteroatoms. The Morgan fingerprint density at radius 1 is 0.952 bits per heavy atom. The third kappa shape index (κ3) is 3.48. The standard InChI is InChI=1S/C17H18N2O2/c1-12-9-10-14(17(21)19(2)3)11-15(12)18-16(20)13-7-5-4-6-8-13/h4-11H,1-3H3,(H,18,20). The second-order valence-corrected chi connectivity index (χ2v) is 5.05. The molecular weight excluding hydrogens is 264 g/mol. The number of nitrogens with zero attached hydrogens (tertiary/aromatic N) is 1. The minimum absolute atomic E-state index is 0.0924. The minimum Gasteiger partial charge on any atom is -0.345 e. The summed E-state index contributed by atoms with van der Waals surface area (Å²) in [6.45, 7) is 1.89. The molecule has 0 saturated heterocycles. The van der Waals surface area contributed by atoms with Crippen molar-refractivity contribution >= 4 is 17.5 Å². The van der Waals surface area contributed by atoms with Crippen LogP contribution >= 0.6 is 0 Å². The number of benzene rings is 2. The Bertz CT molecular complexity index is 664. The molecule has 0 fully saturated rings. The smallest absolute Gasteiger partial charge is 0.255 e. The van der Waals surface area contributed by atoms with Crippen LogP contribution in [0.5, 0.6) is 0 Å². The van der Waals surface area contributed by atoms with Gasteiger partial charge in [-0.25, -0.2) is 0 Å². The van der Waals surface area contributed by atoms with E-state index in [0.29, 0.717) is 16.8 Å². The van der Waals surface area contributed by atoms with Gasteiger partial charge < -0.3 is 10.2 Å². The van der Waals surface area contributed by atoms with Gasteiger partial charge in [0.2, 0.25) is 0 Å². The Hall–Kier alpha value is -2.62. The molecule has 2 aromatic carbocycles. The molecule has 0 aliphatic rings. The number of nitrogens with one attached hydrogen (secondary N) is 1. The maximum Gasteiger partial charge on any atom is 0.255 e. The van der Waals surface area contributed by atoms with E-state index >= 15 is 0 Å². The quantitative estimate of drug-likeness (QED) is 0.941. The second-order valence-electron chi connectivity index (χ2n) is 5.05. The van der Waals surface area contributed by atoms with Gasteiger partial charge in [0.05, 0.1) is 0 Å². The molecule has 0 bridgehead atoms. The van der Waals surface area contributed by atoms with E-state index in [4.69, 9.17) is 0 Å². The average Bonchev–Trinajstić information content (AvgIpc) is 2.49. The van der Waals surface area contributed by atoms with E-state index in [1.807, 2.05) is 31.2 Å². The van der Waals surface area contributed by atoms with Gasteiger partial charge in [-0.3, -0.25) is 9.59 Å². The molecule has 0 unspecified atom stereocenters. The number of amides is 2. The predicted octanol–water partition coefficient (Wildman–Crippen LogP) is 2.95. The SMILES string of the molecule is Cc1ccc(C(=O)N(C)C)cc1NC(=O)c1ccccc1. The molecule has 1 N–H and O–H groups in total. The lowest BCUT2D eigenvalue weighted by Gasteiger charge is -2.13. The summed E-state index contributed by atoms with van der Waals surface area (Å²) >= 11 is 0. The first kappa shape index (κ1) is 14.8. The molecule has 21 heavy (non-hydrogen) atoms. The van der Waals surface area contributed by atoms with E-state index < -0.39 is 0 Å². The highest BCUT2D eigenvalue weighted by Gasteiger charge is 2.12. The summed E-state index contributed by atoms with van der Waals surface area (Å²) in [5.41, 5.74) is 2.70. The minimum atomic E-state index is -0.187. The molecule has 2 amide bonds. The van der Waals surface area contributed by atoms with Gasteiger partial charge in [0.25, 0.3) is 11.8 Å². The van der Waals surface area contributed by atoms with Crippen LogP contribution in [0.3, 0.4) is 0 Å². The molecule has 2 rings (SSSR count). The van der Waals surface area contributed by atoms with Gasteiger partial charge in [0.1, 0.15) is 0 Å². The summed E-state index contributed by atoms with van der Waals surface area (Å²) in [6, 6.07) is 14.3. The van der Waals surface area contributed by atoms with Crippen LogP contribution in [0.2, 0.25) is 0 Å². The number of rotatable bonds is 3. The summed E-state index contributed by atoms with van der Waals surface area (Å²) in [6.07, 6.45) is 0. The van der Waals surface area contributed by atoms with Crippen LogP contribution in [-0.2, 0) is 0 Å². The first-order chi connectivity index (χ1) is 9.99. The number of hydrogen-bond acceptors (Lipinski definition) is 2. The fourth-order valence-electron chi connectivity index (χ4n) is 1.93. The first-order valence-electron chi connectivity index (χ1n) is 6.67. The molecule has 0 radical (unpaired) electrons. The van der Waals surface area contributed by atoms with Crippen molar-refractivity contribution in [1.29, 1.82) is 0 Å². The Morgan fingerprint density at radius 3 is 2.24 bits per heavy atom. The van der Waals surface area contributed by atoms with Gasteiger partial charge in [0.15, 0.2) is 0 Å². The van der Waals surface area contributed by atoms with E-state index in [9.17, 15) is 9.59 Å². The summed E-state index contributed by atoms with van der Waals surface area (Å²) in [7, 11) is 3.40. The van der Waals surface area contributed by atoms with Crippen molar-refractivity contribution in [3.05, 3.63) is 65.2 Å². The Kier molecular flexibility index (Phi) is 4.38. The first-order valence-corrected chi connectivity index (χ1v) is 6.67. The fraction of sp³-hybridized carbons (Fsp3) is 0.176. The molecular formula is C17H18N2O2. The maximum atomic E-state index is 12.2. The predicted molar refractivity (Wildman–Crippen MR) is 83.6 cm³/mol. The lowest BCUT2D eigenvalue weighted by molar-refractivity contribution is 0.0827. The number of aryl methyl sites for hydroxylation is 1. The van der Waals surface area contributed by atoms with Crippen LogP contribution in [0.15, 0.2) is 48.5 Å². The molecule has 108 valence electrons. The average molecular weight is 282 g/mol. The van der Waals surface area contributed by atoms with Gasteiger partial charge in [-0.2, -0.15) is 0 Å². The number of carbonyl (C=O) groups is 2. The van der Waals surface area contributed by atoms with E-state index in [1.54, 1.807) is 38.4 Å². The van der Waals surface area contributed by atoms with E-state index in [2.05, 4.69) is 5.32 Å². The van der Waals surface area contributed by atoms with E-state index in [-0.39, 0.29) is 11.8 Å². The summed E-state index contributed by atoms with van der Waals surface area (Å²) < 4.78 is 0. The van der Waals surface area contributed by atoms with Crippen LogP contribution in [0.25, 0.3) is 0 Å². The molecule has 0 aromatic heterocycles. The largest absolute Gasteiger partial charge is 0.345 e. The lowest BCUT2D eigenvalue weighted by atomic mass is 10.1. The molecule has 0 spiro atoms. The monoisotopic (exact) mass is 282 g/mol. The van der Waals surface area contributed by atoms with Crippen molar-refractivity contribution in [2.45, 2.75) is 6.92 Å². The van der Waals surface area contributed by atoms with Crippen molar-refractivity contribution < 1.29 is 9.59 Å². The van der Waals surface area contributed by atoms with Crippen molar-refractivity contribution in [2.24, 2.45) is 0 Å². The lowest BCUT2D eigenvalue weighted by Crippen LogP contribution is -2.22. The van der Waals surface area contributed by atoms with Crippen LogP contribution < -0.4 is 5.32 Å². The number of carbonyl (C=O) groups excluding carboxylic acids is 2. The van der Waals surface area contributed by atoms with Crippen LogP contribution in [0, 0.1) is 6.92 Å². The third-order valence-corrected chi connectivity index (χ3v) is 3.17. The molecule has 0 aliphatic heterocycles. The van der Waals surface area contributed by atoms with Crippen molar-refractivity contribution in [3.8, 4) is 0 Å². The zero-order chi connectivity index (χ0) is 15.4. The molecule has 0 aliphatic carbocycles. The second kappa shape index (κ2) is 6.22. The summed E-state index contributed by atoms with van der Waals surface area (Å²) in [4.78, 5) is 25.7. The molecule has 0 heterocycles. The van der Waals surface area contributed by atoms with E-state index in [1.165, 1.54) is 4.90 Å². The van der Waals surface area contributed by atoms with E-state index in [0.717, 1.165) is 5.56 Å². The fourth-order valence-corrected chi connectivity index (χ4v) is 1.93. The summed E-state index contributed by atoms with van der Waals surface area (Å²) in [5.74, 6) is -0.279. The highest BCUT2D eigenvalue weighted by Crippen LogP contribution is 2.18. The molecule has 0 atom stereocenters. The highest BCUT2D eigenvalue weighted by atomic mass is 16.2. The topological polar surface area (TPSA) is 49.4 Å². The van der Waals surface area contributed by atoms with Gasteiger partial charge in [-0.15, -0.1) is 0 Å². The maximum absolute atomic E-state index is 12.2. The van der Waals surface area contributed by atoms with Gasteiger partial charge in [0, 0.05) is 30.9 Å². The number of anilines is 1. The van der Waals surface area contributed by atoms with Crippen molar-refractivity contribution in [1.82, 2.24) is 4.90 Å². The normalized spacial score (nSPS) is 10.0. The van der Waals surface area contributed by atoms with Crippen LogP contribution in [0.1, 0.15) is 26.3 Å². The number of hydrogen-bond donors (Lipinski definition) is 1. The van der Waals surface area contributed by atoms with Crippen LogP contribution in [0.4, 0.5) is 5.69 Å². The van der Waals surface area contributed by atoms with Gasteiger partial charge in [-0.1, -0.05) is 24.3 Å².